The number of piperidine rings is 1. The van der Waals surface area contributed by atoms with Gasteiger partial charge in [-0.1, -0.05) is 6.92 Å². The molecule has 1 aromatic rings. The number of ether oxygens (including phenoxy) is 1. The van der Waals surface area contributed by atoms with Crippen molar-refractivity contribution in [2.24, 2.45) is 0 Å². The zero-order valence-electron chi connectivity index (χ0n) is 14.4. The summed E-state index contributed by atoms with van der Waals surface area (Å²) in [6, 6.07) is 9.12. The molecule has 0 saturated carbocycles. The fourth-order valence-corrected chi connectivity index (χ4v) is 3.70. The molecule has 23 heavy (non-hydrogen) atoms. The summed E-state index contributed by atoms with van der Waals surface area (Å²) in [6.07, 6.45) is 5.84. The van der Waals surface area contributed by atoms with Crippen LogP contribution in [-0.2, 0) is 0 Å². The molecule has 2 fully saturated rings. The highest BCUT2D eigenvalue weighted by Gasteiger charge is 2.36. The summed E-state index contributed by atoms with van der Waals surface area (Å²) < 4.78 is 5.78. The summed E-state index contributed by atoms with van der Waals surface area (Å²) in [7, 11) is 1.95. The average Bonchev–Trinajstić information content (AvgIpc) is 2.92. The minimum absolute atomic E-state index is 0.117. The highest BCUT2D eigenvalue weighted by atomic mass is 16.5. The van der Waals surface area contributed by atoms with Gasteiger partial charge in [-0.25, -0.2) is 0 Å². The van der Waals surface area contributed by atoms with Crippen LogP contribution in [0.15, 0.2) is 24.3 Å². The number of fused-ring (bicyclic) bond motifs is 2. The maximum Gasteiger partial charge on any atom is 0.253 e. The van der Waals surface area contributed by atoms with Gasteiger partial charge in [0.05, 0.1) is 6.10 Å². The number of carbonyl (C=O) groups excluding carboxylic acids is 1. The van der Waals surface area contributed by atoms with Gasteiger partial charge in [-0.15, -0.1) is 0 Å². The van der Waals surface area contributed by atoms with Crippen molar-refractivity contribution in [1.82, 2.24) is 10.2 Å². The first-order valence-corrected chi connectivity index (χ1v) is 8.86. The summed E-state index contributed by atoms with van der Waals surface area (Å²) in [4.78, 5) is 14.7. The number of hydrogen-bond donors (Lipinski definition) is 1. The van der Waals surface area contributed by atoms with Crippen molar-refractivity contribution in [3.8, 4) is 5.75 Å². The zero-order valence-corrected chi connectivity index (χ0v) is 14.4. The molecule has 0 aromatic heterocycles. The molecule has 3 unspecified atom stereocenters. The number of nitrogens with one attached hydrogen (secondary N) is 1. The van der Waals surface area contributed by atoms with Gasteiger partial charge in [-0.3, -0.25) is 4.79 Å². The smallest absolute Gasteiger partial charge is 0.253 e. The van der Waals surface area contributed by atoms with E-state index in [1.807, 2.05) is 36.2 Å². The lowest BCUT2D eigenvalue weighted by atomic mass is 9.98. The van der Waals surface area contributed by atoms with Gasteiger partial charge in [-0.2, -0.15) is 0 Å². The lowest BCUT2D eigenvalue weighted by molar-refractivity contribution is 0.0681. The van der Waals surface area contributed by atoms with E-state index in [0.717, 1.165) is 30.6 Å². The van der Waals surface area contributed by atoms with E-state index in [4.69, 9.17) is 4.74 Å². The molecule has 4 heteroatoms. The molecule has 4 nitrogen and oxygen atoms in total. The zero-order chi connectivity index (χ0) is 16.4. The van der Waals surface area contributed by atoms with E-state index < -0.39 is 0 Å². The van der Waals surface area contributed by atoms with Crippen molar-refractivity contribution < 1.29 is 9.53 Å². The molecule has 3 rings (SSSR count). The standard InChI is InChI=1S/C19H28N2O2/c1-4-13(2)23-18-9-5-14(6-10-18)19(22)21(3)17-11-15-7-8-16(12-17)20-15/h5-6,9-10,13,15-17,20H,4,7-8,11-12H2,1-3H3. The van der Waals surface area contributed by atoms with Crippen molar-refractivity contribution in [2.45, 2.75) is 70.2 Å². The van der Waals surface area contributed by atoms with Crippen molar-refractivity contribution in [3.63, 3.8) is 0 Å². The first kappa shape index (κ1) is 16.3. The molecule has 1 amide bonds. The van der Waals surface area contributed by atoms with E-state index in [1.54, 1.807) is 0 Å². The van der Waals surface area contributed by atoms with Gasteiger partial charge in [0.1, 0.15) is 5.75 Å². The van der Waals surface area contributed by atoms with E-state index in [-0.39, 0.29) is 12.0 Å². The Labute approximate surface area is 139 Å². The van der Waals surface area contributed by atoms with Crippen LogP contribution in [0.25, 0.3) is 0 Å². The average molecular weight is 316 g/mol. The molecule has 2 aliphatic heterocycles. The quantitative estimate of drug-likeness (QED) is 0.907. The Morgan fingerprint density at radius 2 is 1.87 bits per heavy atom. The molecule has 2 heterocycles. The molecule has 0 radical (unpaired) electrons. The number of benzene rings is 1. The molecule has 3 atom stereocenters. The van der Waals surface area contributed by atoms with Gasteiger partial charge in [0, 0.05) is 30.7 Å². The first-order chi connectivity index (χ1) is 11.1. The third-order valence-corrected chi connectivity index (χ3v) is 5.33. The molecule has 2 aliphatic rings. The predicted molar refractivity (Wildman–Crippen MR) is 91.9 cm³/mol. The summed E-state index contributed by atoms with van der Waals surface area (Å²) in [5, 5.41) is 3.63. The fraction of sp³-hybridized carbons (Fsp3) is 0.632. The van der Waals surface area contributed by atoms with Gasteiger partial charge in [-0.05, 0) is 63.3 Å². The second kappa shape index (κ2) is 6.91. The van der Waals surface area contributed by atoms with Crippen LogP contribution in [-0.4, -0.2) is 42.1 Å². The Morgan fingerprint density at radius 3 is 2.43 bits per heavy atom. The minimum atomic E-state index is 0.117. The molecule has 2 bridgehead atoms. The molecular weight excluding hydrogens is 288 g/mol. The van der Waals surface area contributed by atoms with Crippen LogP contribution in [0.4, 0.5) is 0 Å². The van der Waals surface area contributed by atoms with Gasteiger partial charge >= 0.3 is 0 Å². The Kier molecular flexibility index (Phi) is 4.90. The van der Waals surface area contributed by atoms with Gasteiger partial charge in [0.25, 0.3) is 5.91 Å². The topological polar surface area (TPSA) is 41.6 Å². The maximum atomic E-state index is 12.7. The third kappa shape index (κ3) is 3.69. The van der Waals surface area contributed by atoms with Gasteiger partial charge in [0.15, 0.2) is 0 Å². The van der Waals surface area contributed by atoms with Crippen molar-refractivity contribution in [2.75, 3.05) is 7.05 Å². The summed E-state index contributed by atoms with van der Waals surface area (Å²) in [5.41, 5.74) is 0.745. The second-order valence-electron chi connectivity index (χ2n) is 7.04. The van der Waals surface area contributed by atoms with Crippen LogP contribution >= 0.6 is 0 Å². The maximum absolute atomic E-state index is 12.7. The summed E-state index contributed by atoms with van der Waals surface area (Å²) >= 11 is 0. The highest BCUT2D eigenvalue weighted by molar-refractivity contribution is 5.94. The SMILES string of the molecule is CCC(C)Oc1ccc(C(=O)N(C)C2CC3CCC(C2)N3)cc1. The molecule has 0 spiro atoms. The van der Waals surface area contributed by atoms with Crippen molar-refractivity contribution >= 4 is 5.91 Å². The van der Waals surface area contributed by atoms with E-state index in [0.29, 0.717) is 18.1 Å². The van der Waals surface area contributed by atoms with Crippen molar-refractivity contribution in [3.05, 3.63) is 29.8 Å². The Balaban J connectivity index is 1.63. The summed E-state index contributed by atoms with van der Waals surface area (Å²) in [5.74, 6) is 0.949. The highest BCUT2D eigenvalue weighted by Crippen LogP contribution is 2.30. The summed E-state index contributed by atoms with van der Waals surface area (Å²) in [6.45, 7) is 4.15. The minimum Gasteiger partial charge on any atom is -0.491 e. The Morgan fingerprint density at radius 1 is 1.26 bits per heavy atom. The number of nitrogens with zero attached hydrogens (tertiary/aromatic N) is 1. The third-order valence-electron chi connectivity index (χ3n) is 5.33. The van der Waals surface area contributed by atoms with E-state index >= 15 is 0 Å². The van der Waals surface area contributed by atoms with Crippen LogP contribution in [0.2, 0.25) is 0 Å². The number of amides is 1. The fourth-order valence-electron chi connectivity index (χ4n) is 3.70. The number of rotatable bonds is 5. The van der Waals surface area contributed by atoms with E-state index in [9.17, 15) is 4.79 Å². The number of carbonyl (C=O) groups is 1. The molecule has 1 aromatic carbocycles. The van der Waals surface area contributed by atoms with Crippen molar-refractivity contribution in [1.29, 1.82) is 0 Å². The first-order valence-electron chi connectivity index (χ1n) is 8.86. The Hall–Kier alpha value is -1.55. The van der Waals surface area contributed by atoms with Crippen LogP contribution in [0.1, 0.15) is 56.3 Å². The molecule has 1 N–H and O–H groups in total. The van der Waals surface area contributed by atoms with Crippen LogP contribution in [0.5, 0.6) is 5.75 Å². The molecule has 126 valence electrons. The van der Waals surface area contributed by atoms with E-state index in [1.165, 1.54) is 12.8 Å². The van der Waals surface area contributed by atoms with Crippen LogP contribution in [0, 0.1) is 0 Å². The van der Waals surface area contributed by atoms with Gasteiger partial charge < -0.3 is 15.0 Å². The van der Waals surface area contributed by atoms with Gasteiger partial charge in [0.2, 0.25) is 0 Å². The van der Waals surface area contributed by atoms with E-state index in [2.05, 4.69) is 19.2 Å². The lowest BCUT2D eigenvalue weighted by Gasteiger charge is -2.35. The molecular formula is C19H28N2O2. The largest absolute Gasteiger partial charge is 0.491 e. The Bertz CT molecular complexity index is 531. The normalized spacial score (nSPS) is 27.5. The monoisotopic (exact) mass is 316 g/mol. The molecule has 2 saturated heterocycles. The van der Waals surface area contributed by atoms with Crippen LogP contribution < -0.4 is 10.1 Å². The number of hydrogen-bond acceptors (Lipinski definition) is 3. The predicted octanol–water partition coefficient (Wildman–Crippen LogP) is 3.22. The lowest BCUT2D eigenvalue weighted by Crippen LogP contribution is -2.48. The van der Waals surface area contributed by atoms with Crippen LogP contribution in [0.3, 0.4) is 0 Å². The second-order valence-corrected chi connectivity index (χ2v) is 7.04. The molecule has 0 aliphatic carbocycles.